The van der Waals surface area contributed by atoms with Crippen LogP contribution in [0.1, 0.15) is 11.1 Å². The van der Waals surface area contributed by atoms with Crippen molar-refractivity contribution in [2.75, 3.05) is 10.9 Å². The van der Waals surface area contributed by atoms with Crippen LogP contribution >= 0.6 is 11.6 Å². The molecule has 0 atom stereocenters. The molecule has 0 amide bonds. The molecule has 0 spiro atoms. The molecule has 0 bridgehead atoms. The summed E-state index contributed by atoms with van der Waals surface area (Å²) in [6.45, 7) is 1.96. The van der Waals surface area contributed by atoms with Crippen molar-refractivity contribution in [3.8, 4) is 12.3 Å². The van der Waals surface area contributed by atoms with Gasteiger partial charge in [-0.2, -0.15) is 0 Å². The van der Waals surface area contributed by atoms with Crippen molar-refractivity contribution in [2.24, 2.45) is 0 Å². The number of hydrogen-bond donors (Lipinski definition) is 2. The number of halogens is 1. The van der Waals surface area contributed by atoms with Gasteiger partial charge in [0.05, 0.1) is 11.4 Å². The number of benzene rings is 2. The lowest BCUT2D eigenvalue weighted by molar-refractivity contribution is 1.38. The van der Waals surface area contributed by atoms with Crippen molar-refractivity contribution in [2.45, 2.75) is 6.92 Å². The summed E-state index contributed by atoms with van der Waals surface area (Å²) in [5.74, 6) is 2.60. The Balaban J connectivity index is 2.07. The summed E-state index contributed by atoms with van der Waals surface area (Å²) in [5, 5.41) is 0.759. The van der Waals surface area contributed by atoms with Crippen LogP contribution in [0.5, 0.6) is 0 Å². The Morgan fingerprint density at radius 3 is 2.44 bits per heavy atom. The largest absolute Gasteiger partial charge is 0.301 e. The topological polar surface area (TPSA) is 24.1 Å². The minimum absolute atomic E-state index is 0.759. The van der Waals surface area contributed by atoms with Crippen molar-refractivity contribution >= 4 is 23.0 Å². The standard InChI is InChI=1S/C15H13ClN2/c1-3-12-5-4-6-13(10-12)17-18-14-7-8-15(16)11(2)9-14/h1,4-10,17-18H,2H3. The molecule has 2 rings (SSSR count). The van der Waals surface area contributed by atoms with E-state index in [-0.39, 0.29) is 0 Å². The Morgan fingerprint density at radius 1 is 1.06 bits per heavy atom. The van der Waals surface area contributed by atoms with Crippen molar-refractivity contribution < 1.29 is 0 Å². The highest BCUT2D eigenvalue weighted by Crippen LogP contribution is 2.19. The number of rotatable bonds is 3. The third-order valence-corrected chi connectivity index (χ3v) is 2.96. The molecular weight excluding hydrogens is 244 g/mol. The van der Waals surface area contributed by atoms with Crippen LogP contribution in [0.3, 0.4) is 0 Å². The zero-order chi connectivity index (χ0) is 13.0. The predicted molar refractivity (Wildman–Crippen MR) is 77.8 cm³/mol. The van der Waals surface area contributed by atoms with Crippen molar-refractivity contribution in [3.05, 3.63) is 58.6 Å². The molecule has 90 valence electrons. The molecule has 0 aliphatic rings. The summed E-state index contributed by atoms with van der Waals surface area (Å²) in [6, 6.07) is 13.4. The van der Waals surface area contributed by atoms with Crippen LogP contribution in [0.25, 0.3) is 0 Å². The number of hydrogen-bond acceptors (Lipinski definition) is 2. The second-order valence-corrected chi connectivity index (χ2v) is 4.35. The van der Waals surface area contributed by atoms with E-state index >= 15 is 0 Å². The van der Waals surface area contributed by atoms with Crippen LogP contribution in [0.4, 0.5) is 11.4 Å². The number of nitrogens with one attached hydrogen (secondary N) is 2. The van der Waals surface area contributed by atoms with Crippen LogP contribution in [0, 0.1) is 19.3 Å². The molecule has 2 N–H and O–H groups in total. The summed E-state index contributed by atoms with van der Waals surface area (Å²) < 4.78 is 0. The SMILES string of the molecule is C#Cc1cccc(NNc2ccc(Cl)c(C)c2)c1. The zero-order valence-corrected chi connectivity index (χ0v) is 10.8. The van der Waals surface area contributed by atoms with Gasteiger partial charge >= 0.3 is 0 Å². The van der Waals surface area contributed by atoms with Crippen molar-refractivity contribution in [1.29, 1.82) is 0 Å². The van der Waals surface area contributed by atoms with Gasteiger partial charge in [0.25, 0.3) is 0 Å². The highest BCUT2D eigenvalue weighted by Gasteiger charge is 1.97. The summed E-state index contributed by atoms with van der Waals surface area (Å²) in [7, 11) is 0. The fraction of sp³-hybridized carbons (Fsp3) is 0.0667. The first-order chi connectivity index (χ1) is 8.69. The van der Waals surface area contributed by atoms with E-state index in [4.69, 9.17) is 18.0 Å². The van der Waals surface area contributed by atoms with Gasteiger partial charge in [0.15, 0.2) is 0 Å². The monoisotopic (exact) mass is 256 g/mol. The van der Waals surface area contributed by atoms with E-state index in [2.05, 4.69) is 16.8 Å². The molecular formula is C15H13ClN2. The Kier molecular flexibility index (Phi) is 3.76. The maximum Gasteiger partial charge on any atom is 0.0552 e. The smallest absolute Gasteiger partial charge is 0.0552 e. The lowest BCUT2D eigenvalue weighted by Crippen LogP contribution is -2.08. The maximum absolute atomic E-state index is 5.97. The van der Waals surface area contributed by atoms with E-state index < -0.39 is 0 Å². The molecule has 0 fully saturated rings. The number of aryl methyl sites for hydroxylation is 1. The van der Waals surface area contributed by atoms with Crippen LogP contribution in [0.15, 0.2) is 42.5 Å². The zero-order valence-electron chi connectivity index (χ0n) is 10.00. The van der Waals surface area contributed by atoms with Crippen molar-refractivity contribution in [1.82, 2.24) is 0 Å². The second-order valence-electron chi connectivity index (χ2n) is 3.94. The van der Waals surface area contributed by atoms with Crippen LogP contribution < -0.4 is 10.9 Å². The molecule has 18 heavy (non-hydrogen) atoms. The first kappa shape index (κ1) is 12.3. The Hall–Kier alpha value is -2.11. The van der Waals surface area contributed by atoms with Gasteiger partial charge in [-0.3, -0.25) is 0 Å². The molecule has 0 unspecified atom stereocenters. The van der Waals surface area contributed by atoms with Gasteiger partial charge in [0.2, 0.25) is 0 Å². The molecule has 0 aromatic heterocycles. The fourth-order valence-electron chi connectivity index (χ4n) is 1.55. The summed E-state index contributed by atoms with van der Waals surface area (Å²) in [6.07, 6.45) is 5.35. The molecule has 0 radical (unpaired) electrons. The van der Waals surface area contributed by atoms with E-state index in [9.17, 15) is 0 Å². The van der Waals surface area contributed by atoms with Gasteiger partial charge in [0.1, 0.15) is 0 Å². The first-order valence-corrected chi connectivity index (χ1v) is 5.92. The first-order valence-electron chi connectivity index (χ1n) is 5.54. The predicted octanol–water partition coefficient (Wildman–Crippen LogP) is 4.07. The molecule has 0 saturated carbocycles. The second kappa shape index (κ2) is 5.48. The van der Waals surface area contributed by atoms with E-state index in [1.807, 2.05) is 49.4 Å². The lowest BCUT2D eigenvalue weighted by atomic mass is 10.2. The van der Waals surface area contributed by atoms with Crippen LogP contribution in [-0.2, 0) is 0 Å². The van der Waals surface area contributed by atoms with Gasteiger partial charge in [-0.25, -0.2) is 0 Å². The highest BCUT2D eigenvalue weighted by molar-refractivity contribution is 6.31. The van der Waals surface area contributed by atoms with Gasteiger partial charge in [-0.15, -0.1) is 6.42 Å². The molecule has 0 heterocycles. The van der Waals surface area contributed by atoms with E-state index in [0.717, 1.165) is 27.5 Å². The average Bonchev–Trinajstić information content (AvgIpc) is 2.40. The van der Waals surface area contributed by atoms with Crippen LogP contribution in [0.2, 0.25) is 5.02 Å². The molecule has 0 aliphatic carbocycles. The van der Waals surface area contributed by atoms with Gasteiger partial charge in [-0.05, 0) is 48.9 Å². The minimum Gasteiger partial charge on any atom is -0.301 e. The number of anilines is 2. The highest BCUT2D eigenvalue weighted by atomic mass is 35.5. The maximum atomic E-state index is 5.97. The molecule has 2 aromatic rings. The van der Waals surface area contributed by atoms with E-state index in [1.165, 1.54) is 0 Å². The molecule has 2 aromatic carbocycles. The Bertz CT molecular complexity index is 600. The minimum atomic E-state index is 0.759. The molecule has 3 heteroatoms. The molecule has 0 aliphatic heterocycles. The quantitative estimate of drug-likeness (QED) is 0.639. The van der Waals surface area contributed by atoms with Gasteiger partial charge in [-0.1, -0.05) is 23.6 Å². The number of terminal acetylenes is 1. The lowest BCUT2D eigenvalue weighted by Gasteiger charge is -2.11. The van der Waals surface area contributed by atoms with E-state index in [0.29, 0.717) is 0 Å². The van der Waals surface area contributed by atoms with Crippen LogP contribution in [-0.4, -0.2) is 0 Å². The third-order valence-electron chi connectivity index (χ3n) is 2.54. The number of hydrazine groups is 1. The Labute approximate surface area is 112 Å². The summed E-state index contributed by atoms with van der Waals surface area (Å²) in [5.41, 5.74) is 9.93. The molecule has 2 nitrogen and oxygen atoms in total. The normalized spacial score (nSPS) is 9.61. The van der Waals surface area contributed by atoms with Gasteiger partial charge in [0, 0.05) is 10.6 Å². The average molecular weight is 257 g/mol. The summed E-state index contributed by atoms with van der Waals surface area (Å²) >= 11 is 5.97. The molecule has 0 saturated heterocycles. The Morgan fingerprint density at radius 2 is 1.78 bits per heavy atom. The van der Waals surface area contributed by atoms with E-state index in [1.54, 1.807) is 0 Å². The van der Waals surface area contributed by atoms with Crippen molar-refractivity contribution in [3.63, 3.8) is 0 Å². The van der Waals surface area contributed by atoms with Gasteiger partial charge < -0.3 is 10.9 Å². The third kappa shape index (κ3) is 2.97. The summed E-state index contributed by atoms with van der Waals surface area (Å²) in [4.78, 5) is 0. The fourth-order valence-corrected chi connectivity index (χ4v) is 1.67.